The molecule has 11 heteroatoms. The van der Waals surface area contributed by atoms with Gasteiger partial charge in [-0.15, -0.1) is 4.37 Å². The zero-order valence-corrected chi connectivity index (χ0v) is 18.8. The number of aryl methyl sites for hydroxylation is 1. The van der Waals surface area contributed by atoms with Crippen molar-refractivity contribution in [3.05, 3.63) is 74.8 Å². The molecule has 3 aromatic rings. The fourth-order valence-corrected chi connectivity index (χ4v) is 6.72. The smallest absolute Gasteiger partial charge is 0.368 e. The van der Waals surface area contributed by atoms with E-state index in [1.807, 2.05) is 4.37 Å². The van der Waals surface area contributed by atoms with Crippen LogP contribution in [-0.4, -0.2) is 43.3 Å². The first kappa shape index (κ1) is 22.5. The number of aromatic amines is 1. The maximum atomic E-state index is 13.1. The van der Waals surface area contributed by atoms with E-state index in [0.717, 1.165) is 24.8 Å². The molecule has 1 aliphatic rings. The van der Waals surface area contributed by atoms with Crippen molar-refractivity contribution >= 4 is 21.2 Å². The SMILES string of the molecule is O=c1[nH][s+]([O-])n(-c2ccc(CCC3CCCCN3S(=O)(=O)c3ccccc3)cc2O)c1=O. The highest BCUT2D eigenvalue weighted by atomic mass is 32.2. The summed E-state index contributed by atoms with van der Waals surface area (Å²) in [6, 6.07) is 12.8. The van der Waals surface area contributed by atoms with Gasteiger partial charge in [0.05, 0.1) is 4.90 Å². The van der Waals surface area contributed by atoms with Crippen LogP contribution in [-0.2, 0) is 16.4 Å². The average molecular weight is 478 g/mol. The Morgan fingerprint density at radius 2 is 1.88 bits per heavy atom. The number of piperidine rings is 1. The molecule has 2 aromatic carbocycles. The van der Waals surface area contributed by atoms with Gasteiger partial charge >= 0.3 is 11.1 Å². The first-order valence-corrected chi connectivity index (χ1v) is 12.8. The lowest BCUT2D eigenvalue weighted by molar-refractivity contribution is 0.241. The Hall–Kier alpha value is -2.73. The number of nitrogens with one attached hydrogen (secondary N) is 1. The molecule has 170 valence electrons. The number of rotatable bonds is 6. The topological polar surface area (TPSA) is 136 Å². The molecule has 1 fully saturated rings. The number of H-pyrrole nitrogens is 1. The molecule has 0 aliphatic carbocycles. The summed E-state index contributed by atoms with van der Waals surface area (Å²) in [6.45, 7) is 0.468. The number of aromatic nitrogens is 2. The van der Waals surface area contributed by atoms with E-state index in [4.69, 9.17) is 0 Å². The van der Waals surface area contributed by atoms with Gasteiger partial charge in [-0.1, -0.05) is 34.6 Å². The van der Waals surface area contributed by atoms with E-state index in [0.29, 0.717) is 23.3 Å². The highest BCUT2D eigenvalue weighted by Crippen LogP contribution is 2.29. The van der Waals surface area contributed by atoms with Crippen molar-refractivity contribution < 1.29 is 18.1 Å². The number of hydrogen-bond donors (Lipinski definition) is 2. The van der Waals surface area contributed by atoms with Gasteiger partial charge in [-0.2, -0.15) is 4.31 Å². The number of phenols is 1. The second-order valence-electron chi connectivity index (χ2n) is 7.72. The quantitative estimate of drug-likeness (QED) is 0.412. The molecule has 32 heavy (non-hydrogen) atoms. The summed E-state index contributed by atoms with van der Waals surface area (Å²) in [4.78, 5) is 23.6. The van der Waals surface area contributed by atoms with Crippen LogP contribution in [0.4, 0.5) is 0 Å². The van der Waals surface area contributed by atoms with Gasteiger partial charge < -0.3 is 9.66 Å². The van der Waals surface area contributed by atoms with Gasteiger partial charge in [0.15, 0.2) is 0 Å². The minimum absolute atomic E-state index is 0.0265. The van der Waals surface area contributed by atoms with Crippen LogP contribution in [0.15, 0.2) is 63.0 Å². The van der Waals surface area contributed by atoms with Crippen LogP contribution >= 0.6 is 11.1 Å². The predicted octanol–water partition coefficient (Wildman–Crippen LogP) is 2.14. The normalized spacial score (nSPS) is 18.0. The highest BCUT2D eigenvalue weighted by molar-refractivity contribution is 7.89. The third-order valence-corrected chi connectivity index (χ3v) is 8.69. The maximum absolute atomic E-state index is 13.1. The first-order chi connectivity index (χ1) is 15.3. The van der Waals surface area contributed by atoms with Crippen LogP contribution in [0.5, 0.6) is 5.75 Å². The Labute approximate surface area is 187 Å². The molecule has 2 heterocycles. The molecule has 1 aromatic heterocycles. The maximum Gasteiger partial charge on any atom is 0.368 e. The van der Waals surface area contributed by atoms with Crippen molar-refractivity contribution in [3.63, 3.8) is 0 Å². The van der Waals surface area contributed by atoms with E-state index < -0.39 is 32.3 Å². The zero-order chi connectivity index (χ0) is 22.9. The molecule has 0 amide bonds. The van der Waals surface area contributed by atoms with Crippen LogP contribution in [0.25, 0.3) is 5.69 Å². The molecule has 1 aliphatic heterocycles. The molecular formula is C21H23N3O6S2. The lowest BCUT2D eigenvalue weighted by Gasteiger charge is -2.34. The van der Waals surface area contributed by atoms with Crippen molar-refractivity contribution in [1.82, 2.24) is 12.6 Å². The van der Waals surface area contributed by atoms with Crippen LogP contribution < -0.4 is 11.1 Å². The minimum atomic E-state index is -3.59. The average Bonchev–Trinajstić information content (AvgIpc) is 3.04. The fourth-order valence-electron chi connectivity index (χ4n) is 4.07. The van der Waals surface area contributed by atoms with Crippen molar-refractivity contribution in [2.75, 3.05) is 6.54 Å². The lowest BCUT2D eigenvalue weighted by Crippen LogP contribution is -2.43. The molecule has 1 saturated heterocycles. The molecule has 2 atom stereocenters. The summed E-state index contributed by atoms with van der Waals surface area (Å²) >= 11 is -2.08. The lowest BCUT2D eigenvalue weighted by atomic mass is 9.97. The Balaban J connectivity index is 1.53. The van der Waals surface area contributed by atoms with E-state index >= 15 is 0 Å². The third kappa shape index (κ3) is 4.29. The Morgan fingerprint density at radius 1 is 1.12 bits per heavy atom. The fraction of sp³-hybridized carbons (Fsp3) is 0.333. The van der Waals surface area contributed by atoms with Gasteiger partial charge in [-0.3, -0.25) is 9.59 Å². The number of benzene rings is 2. The van der Waals surface area contributed by atoms with Crippen LogP contribution in [0.2, 0.25) is 0 Å². The van der Waals surface area contributed by atoms with E-state index in [9.17, 15) is 27.7 Å². The van der Waals surface area contributed by atoms with E-state index in [-0.39, 0.29) is 22.4 Å². The molecule has 2 N–H and O–H groups in total. The van der Waals surface area contributed by atoms with Crippen LogP contribution in [0.1, 0.15) is 31.2 Å². The zero-order valence-electron chi connectivity index (χ0n) is 17.1. The van der Waals surface area contributed by atoms with Crippen molar-refractivity contribution in [2.24, 2.45) is 0 Å². The van der Waals surface area contributed by atoms with E-state index in [2.05, 4.69) is 0 Å². The summed E-state index contributed by atoms with van der Waals surface area (Å²) < 4.78 is 42.5. The second kappa shape index (κ2) is 9.02. The highest BCUT2D eigenvalue weighted by Gasteiger charge is 2.33. The van der Waals surface area contributed by atoms with Crippen LogP contribution in [0.3, 0.4) is 0 Å². The van der Waals surface area contributed by atoms with Gasteiger partial charge in [-0.05, 0) is 55.5 Å². The van der Waals surface area contributed by atoms with Crippen molar-refractivity contribution in [3.8, 4) is 11.4 Å². The van der Waals surface area contributed by atoms with Gasteiger partial charge in [0.25, 0.3) is 0 Å². The summed E-state index contributed by atoms with van der Waals surface area (Å²) in [5.41, 5.74) is -1.29. The molecule has 2 unspecified atom stereocenters. The minimum Gasteiger partial charge on any atom is -0.549 e. The number of phenolic OH excluding ortho intramolecular Hbond substituents is 1. The van der Waals surface area contributed by atoms with E-state index in [1.54, 1.807) is 40.7 Å². The monoisotopic (exact) mass is 477 g/mol. The Morgan fingerprint density at radius 3 is 2.53 bits per heavy atom. The van der Waals surface area contributed by atoms with Crippen LogP contribution in [0, 0.1) is 0 Å². The molecule has 0 bridgehead atoms. The standard InChI is InChI=1S/C21H23N3O6S2/c25-19-14-15(10-12-18(19)24-21(27)20(26)22-31(24)28)9-11-16-6-4-5-13-23(16)32(29,30)17-7-2-1-3-8-17/h1-3,7-8,10,12,14,16,25H,4-6,9,11,13H2,(H,22,26). The third-order valence-electron chi connectivity index (χ3n) is 5.67. The molecular weight excluding hydrogens is 454 g/mol. The molecule has 0 spiro atoms. The van der Waals surface area contributed by atoms with Gasteiger partial charge in [0.2, 0.25) is 10.0 Å². The van der Waals surface area contributed by atoms with E-state index in [1.165, 1.54) is 12.1 Å². The predicted molar refractivity (Wildman–Crippen MR) is 119 cm³/mol. The molecule has 0 saturated carbocycles. The van der Waals surface area contributed by atoms with Gasteiger partial charge in [0.1, 0.15) is 22.6 Å². The summed E-state index contributed by atoms with van der Waals surface area (Å²) in [7, 11) is -3.59. The summed E-state index contributed by atoms with van der Waals surface area (Å²) in [5, 5.41) is 10.4. The Bertz CT molecular complexity index is 1330. The number of hydrogen-bond acceptors (Lipinski definition) is 6. The summed E-state index contributed by atoms with van der Waals surface area (Å²) in [6.07, 6.45) is 3.59. The molecule has 0 radical (unpaired) electrons. The van der Waals surface area contributed by atoms with Crippen molar-refractivity contribution in [2.45, 2.75) is 43.0 Å². The number of nitrogens with zero attached hydrogens (tertiary/aromatic N) is 2. The van der Waals surface area contributed by atoms with Gasteiger partial charge in [-0.25, -0.2) is 8.42 Å². The molecule has 9 nitrogen and oxygen atoms in total. The molecule has 4 rings (SSSR count). The Kier molecular flexibility index (Phi) is 6.33. The first-order valence-electron chi connectivity index (χ1n) is 10.2. The second-order valence-corrected chi connectivity index (χ2v) is 10.7. The largest absolute Gasteiger partial charge is 0.549 e. The van der Waals surface area contributed by atoms with Gasteiger partial charge in [0, 0.05) is 12.6 Å². The van der Waals surface area contributed by atoms with Crippen molar-refractivity contribution in [1.29, 1.82) is 0 Å². The number of sulfonamides is 1. The summed E-state index contributed by atoms with van der Waals surface area (Å²) in [5.74, 6) is -0.280. The number of aromatic hydroxyl groups is 1.